The summed E-state index contributed by atoms with van der Waals surface area (Å²) < 4.78 is 1.98. The topological polar surface area (TPSA) is 59.4 Å². The van der Waals surface area contributed by atoms with E-state index in [2.05, 4.69) is 34.0 Å². The van der Waals surface area contributed by atoms with Crippen LogP contribution < -0.4 is 5.73 Å². The van der Waals surface area contributed by atoms with Crippen molar-refractivity contribution in [3.8, 4) is 5.69 Å². The second-order valence-corrected chi connectivity index (χ2v) is 5.77. The Balaban J connectivity index is 0.00000192. The highest BCUT2D eigenvalue weighted by Gasteiger charge is 2.15. The van der Waals surface area contributed by atoms with E-state index in [9.17, 15) is 0 Å². The van der Waals surface area contributed by atoms with E-state index in [0.717, 1.165) is 35.7 Å². The van der Waals surface area contributed by atoms with Gasteiger partial charge in [0.2, 0.25) is 0 Å². The largest absolute Gasteiger partial charge is 0.370 e. The van der Waals surface area contributed by atoms with Crippen LogP contribution in [0, 0.1) is 13.8 Å². The van der Waals surface area contributed by atoms with Gasteiger partial charge in [-0.1, -0.05) is 18.2 Å². The van der Waals surface area contributed by atoms with Crippen molar-refractivity contribution < 1.29 is 0 Å². The van der Waals surface area contributed by atoms with Gasteiger partial charge in [0.05, 0.1) is 17.9 Å². The first kappa shape index (κ1) is 17.8. The third-order valence-corrected chi connectivity index (χ3v) is 4.27. The zero-order valence-corrected chi connectivity index (χ0v) is 16.0. The number of aliphatic imine (C=N–C) groups is 1. The van der Waals surface area contributed by atoms with Crippen LogP contribution in [0.2, 0.25) is 0 Å². The number of benzene rings is 1. The normalized spacial score (nSPS) is 14.9. The summed E-state index contributed by atoms with van der Waals surface area (Å²) in [5.41, 5.74) is 10.5. The average molecular weight is 425 g/mol. The molecule has 1 aliphatic heterocycles. The Morgan fingerprint density at radius 3 is 2.48 bits per heavy atom. The van der Waals surface area contributed by atoms with Crippen LogP contribution in [0.1, 0.15) is 29.8 Å². The second-order valence-electron chi connectivity index (χ2n) is 5.77. The minimum Gasteiger partial charge on any atom is -0.370 e. The van der Waals surface area contributed by atoms with E-state index in [4.69, 9.17) is 5.73 Å². The molecule has 0 saturated carbocycles. The van der Waals surface area contributed by atoms with Gasteiger partial charge in [-0.15, -0.1) is 24.0 Å². The Labute approximate surface area is 154 Å². The number of nitrogens with two attached hydrogens (primary N) is 1. The average Bonchev–Trinajstić information content (AvgIpc) is 3.15. The minimum atomic E-state index is 0. The van der Waals surface area contributed by atoms with Crippen molar-refractivity contribution in [3.05, 3.63) is 47.3 Å². The highest BCUT2D eigenvalue weighted by Crippen LogP contribution is 2.19. The molecule has 0 amide bonds. The summed E-state index contributed by atoms with van der Waals surface area (Å²) in [7, 11) is 0. The smallest absolute Gasteiger partial charge is 0.191 e. The van der Waals surface area contributed by atoms with Crippen molar-refractivity contribution in [3.63, 3.8) is 0 Å². The molecular weight excluding hydrogens is 401 g/mol. The number of nitrogens with zero attached hydrogens (tertiary/aromatic N) is 4. The summed E-state index contributed by atoms with van der Waals surface area (Å²) in [5, 5.41) is 4.65. The van der Waals surface area contributed by atoms with E-state index < -0.39 is 0 Å². The number of hydrogen-bond acceptors (Lipinski definition) is 2. The molecule has 2 N–H and O–H groups in total. The molecule has 1 aromatic carbocycles. The van der Waals surface area contributed by atoms with Crippen molar-refractivity contribution in [2.45, 2.75) is 33.2 Å². The molecule has 2 heterocycles. The molecule has 1 saturated heterocycles. The van der Waals surface area contributed by atoms with Gasteiger partial charge in [-0.05, 0) is 38.8 Å². The van der Waals surface area contributed by atoms with Crippen molar-refractivity contribution in [2.75, 3.05) is 13.1 Å². The van der Waals surface area contributed by atoms with Gasteiger partial charge in [-0.3, -0.25) is 0 Å². The molecule has 0 unspecified atom stereocenters. The summed E-state index contributed by atoms with van der Waals surface area (Å²) >= 11 is 0. The molecule has 0 radical (unpaired) electrons. The number of aromatic nitrogens is 2. The van der Waals surface area contributed by atoms with Crippen LogP contribution in [-0.2, 0) is 6.54 Å². The molecular formula is C17H24IN5. The van der Waals surface area contributed by atoms with Gasteiger partial charge >= 0.3 is 0 Å². The van der Waals surface area contributed by atoms with E-state index in [1.807, 2.05) is 29.8 Å². The molecule has 6 heteroatoms. The lowest BCUT2D eigenvalue weighted by atomic mass is 10.2. The van der Waals surface area contributed by atoms with Crippen molar-refractivity contribution >= 4 is 29.9 Å². The molecule has 2 aromatic rings. The van der Waals surface area contributed by atoms with Crippen LogP contribution in [0.4, 0.5) is 0 Å². The summed E-state index contributed by atoms with van der Waals surface area (Å²) in [6.45, 7) is 6.76. The Hall–Kier alpha value is -1.57. The monoisotopic (exact) mass is 425 g/mol. The van der Waals surface area contributed by atoms with Gasteiger partial charge in [0.15, 0.2) is 5.96 Å². The van der Waals surface area contributed by atoms with E-state index in [0.29, 0.717) is 12.5 Å². The first-order valence-electron chi connectivity index (χ1n) is 7.82. The van der Waals surface area contributed by atoms with Crippen molar-refractivity contribution in [1.29, 1.82) is 0 Å². The first-order chi connectivity index (χ1) is 10.7. The number of rotatable bonds is 3. The maximum Gasteiger partial charge on any atom is 0.191 e. The zero-order chi connectivity index (χ0) is 15.5. The van der Waals surface area contributed by atoms with Gasteiger partial charge < -0.3 is 10.6 Å². The van der Waals surface area contributed by atoms with Crippen molar-refractivity contribution in [2.24, 2.45) is 10.7 Å². The summed E-state index contributed by atoms with van der Waals surface area (Å²) in [6, 6.07) is 10.2. The molecule has 0 spiro atoms. The maximum absolute atomic E-state index is 6.09. The van der Waals surface area contributed by atoms with Gasteiger partial charge in [-0.2, -0.15) is 5.10 Å². The quantitative estimate of drug-likeness (QED) is 0.467. The van der Waals surface area contributed by atoms with Crippen LogP contribution in [0.25, 0.3) is 5.69 Å². The molecule has 1 aliphatic rings. The van der Waals surface area contributed by atoms with Gasteiger partial charge in [0, 0.05) is 24.3 Å². The molecule has 3 rings (SSSR count). The van der Waals surface area contributed by atoms with Crippen LogP contribution in [0.5, 0.6) is 0 Å². The van der Waals surface area contributed by atoms with E-state index >= 15 is 0 Å². The molecule has 124 valence electrons. The lowest BCUT2D eigenvalue weighted by molar-refractivity contribution is 0.510. The Morgan fingerprint density at radius 1 is 1.17 bits per heavy atom. The molecule has 0 aliphatic carbocycles. The summed E-state index contributed by atoms with van der Waals surface area (Å²) in [6.07, 6.45) is 2.42. The molecule has 5 nitrogen and oxygen atoms in total. The van der Waals surface area contributed by atoms with Crippen LogP contribution in [0.3, 0.4) is 0 Å². The number of aryl methyl sites for hydroxylation is 1. The Bertz CT molecular complexity index is 672. The van der Waals surface area contributed by atoms with E-state index in [1.54, 1.807) is 0 Å². The van der Waals surface area contributed by atoms with Gasteiger partial charge in [0.25, 0.3) is 0 Å². The summed E-state index contributed by atoms with van der Waals surface area (Å²) in [4.78, 5) is 6.73. The number of guanidine groups is 1. The third-order valence-electron chi connectivity index (χ3n) is 4.27. The van der Waals surface area contributed by atoms with E-state index in [-0.39, 0.29) is 24.0 Å². The van der Waals surface area contributed by atoms with Crippen molar-refractivity contribution in [1.82, 2.24) is 14.7 Å². The molecule has 1 aromatic heterocycles. The summed E-state index contributed by atoms with van der Waals surface area (Å²) in [5.74, 6) is 0.656. The maximum atomic E-state index is 6.09. The predicted octanol–water partition coefficient (Wildman–Crippen LogP) is 3.02. The molecule has 1 fully saturated rings. The number of likely N-dealkylation sites (tertiary alicyclic amines) is 1. The zero-order valence-electron chi connectivity index (χ0n) is 13.7. The molecule has 0 bridgehead atoms. The SMILES string of the molecule is Cc1nn(-c2ccccc2)c(C)c1CN=C(N)N1CCCC1.I. The van der Waals surface area contributed by atoms with Gasteiger partial charge in [0.1, 0.15) is 0 Å². The Kier molecular flexibility index (Phi) is 6.04. The predicted molar refractivity (Wildman–Crippen MR) is 105 cm³/mol. The lowest BCUT2D eigenvalue weighted by Crippen LogP contribution is -2.34. The number of halogens is 1. The first-order valence-corrected chi connectivity index (χ1v) is 7.82. The van der Waals surface area contributed by atoms with E-state index in [1.165, 1.54) is 12.8 Å². The third kappa shape index (κ3) is 3.85. The highest BCUT2D eigenvalue weighted by molar-refractivity contribution is 14.0. The highest BCUT2D eigenvalue weighted by atomic mass is 127. The fourth-order valence-electron chi connectivity index (χ4n) is 2.93. The minimum absolute atomic E-state index is 0. The Morgan fingerprint density at radius 2 is 1.83 bits per heavy atom. The molecule has 0 atom stereocenters. The van der Waals surface area contributed by atoms with Crippen LogP contribution in [-0.4, -0.2) is 33.7 Å². The lowest BCUT2D eigenvalue weighted by Gasteiger charge is -2.15. The van der Waals surface area contributed by atoms with Crippen LogP contribution >= 0.6 is 24.0 Å². The molecule has 23 heavy (non-hydrogen) atoms. The van der Waals surface area contributed by atoms with Crippen LogP contribution in [0.15, 0.2) is 35.3 Å². The fourth-order valence-corrected chi connectivity index (χ4v) is 2.93. The fraction of sp³-hybridized carbons (Fsp3) is 0.412. The number of para-hydroxylation sites is 1. The second kappa shape index (κ2) is 7.81. The van der Waals surface area contributed by atoms with Gasteiger partial charge in [-0.25, -0.2) is 9.67 Å². The number of hydrogen-bond donors (Lipinski definition) is 1. The standard InChI is InChI=1S/C17H23N5.HI/c1-13-16(12-19-17(18)21-10-6-7-11-21)14(2)22(20-13)15-8-4-3-5-9-15;/h3-5,8-9H,6-7,10-12H2,1-2H3,(H2,18,19);1H.